The number of rotatable bonds is 8. The van der Waals surface area contributed by atoms with Crippen molar-refractivity contribution in [2.45, 2.75) is 51.1 Å². The number of hydrogen-bond acceptors (Lipinski definition) is 8. The Hall–Kier alpha value is -5.08. The van der Waals surface area contributed by atoms with Crippen molar-refractivity contribution in [2.24, 2.45) is 0 Å². The van der Waals surface area contributed by atoms with Gasteiger partial charge in [-0.2, -0.15) is 19.2 Å². The van der Waals surface area contributed by atoms with Crippen LogP contribution in [-0.2, 0) is 13.1 Å². The molecular formula is C36H34Br2N10O2. The summed E-state index contributed by atoms with van der Waals surface area (Å²) in [5.41, 5.74) is 6.38. The van der Waals surface area contributed by atoms with Gasteiger partial charge in [-0.1, -0.05) is 61.7 Å². The Bertz CT molecular complexity index is 2320. The number of aromatic amines is 2. The van der Waals surface area contributed by atoms with Crippen LogP contribution in [0.5, 0.6) is 0 Å². The molecule has 1 saturated carbocycles. The second-order valence-corrected chi connectivity index (χ2v) is 13.8. The highest BCUT2D eigenvalue weighted by molar-refractivity contribution is 9.11. The lowest BCUT2D eigenvalue weighted by molar-refractivity contribution is 0.437. The maximum absolute atomic E-state index is 11.2. The molecule has 1 fully saturated rings. The molecule has 0 unspecified atom stereocenters. The first-order chi connectivity index (χ1) is 24.4. The number of halogens is 2. The molecule has 0 bridgehead atoms. The topological polar surface area (TPSA) is 150 Å². The monoisotopic (exact) mass is 796 g/mol. The van der Waals surface area contributed by atoms with Crippen molar-refractivity contribution in [1.82, 2.24) is 39.2 Å². The predicted octanol–water partition coefficient (Wildman–Crippen LogP) is 7.30. The average molecular weight is 799 g/mol. The second kappa shape index (κ2) is 15.2. The fourth-order valence-corrected chi connectivity index (χ4v) is 6.69. The Morgan fingerprint density at radius 3 is 1.82 bits per heavy atom. The molecule has 254 valence electrons. The van der Waals surface area contributed by atoms with E-state index in [0.29, 0.717) is 19.0 Å². The van der Waals surface area contributed by atoms with Crippen LogP contribution in [0.1, 0.15) is 54.8 Å². The van der Waals surface area contributed by atoms with Crippen LogP contribution in [0.3, 0.4) is 0 Å². The highest BCUT2D eigenvalue weighted by Gasteiger charge is 2.20. The molecule has 8 rings (SSSR count). The highest BCUT2D eigenvalue weighted by Crippen LogP contribution is 2.34. The van der Waals surface area contributed by atoms with Crippen molar-refractivity contribution >= 4 is 54.8 Å². The largest absolute Gasteiger partial charge is 0.366 e. The number of fused-ring (bicyclic) bond motifs is 2. The number of pyridine rings is 2. The third-order valence-corrected chi connectivity index (χ3v) is 9.73. The van der Waals surface area contributed by atoms with Crippen LogP contribution in [-0.4, -0.2) is 39.2 Å². The molecule has 1 aromatic carbocycles. The van der Waals surface area contributed by atoms with E-state index >= 15 is 0 Å². The minimum absolute atomic E-state index is 0.0920. The Morgan fingerprint density at radius 2 is 1.26 bits per heavy atom. The van der Waals surface area contributed by atoms with E-state index in [-0.39, 0.29) is 11.1 Å². The minimum atomic E-state index is -0.113. The molecular weight excluding hydrogens is 764 g/mol. The molecule has 6 heterocycles. The van der Waals surface area contributed by atoms with E-state index in [1.807, 2.05) is 47.0 Å². The molecule has 0 aliphatic heterocycles. The molecule has 12 nitrogen and oxygen atoms in total. The SMILES string of the molecule is O=c1ccc(CNc2cc(-c3ccccc3)nc3c(Br)cnn23)c[nH]1.O=c1ccc(CNc2cc(C3CCCCC3)nc3c(Br)cnn23)c[nH]1. The van der Waals surface area contributed by atoms with Gasteiger partial charge in [-0.3, -0.25) is 9.59 Å². The fourth-order valence-electron chi connectivity index (χ4n) is 6.00. The summed E-state index contributed by atoms with van der Waals surface area (Å²) in [4.78, 5) is 37.3. The van der Waals surface area contributed by atoms with Gasteiger partial charge in [-0.15, -0.1) is 0 Å². The van der Waals surface area contributed by atoms with Crippen molar-refractivity contribution in [2.75, 3.05) is 10.6 Å². The molecule has 0 amide bonds. The number of nitrogens with zero attached hydrogens (tertiary/aromatic N) is 6. The van der Waals surface area contributed by atoms with Gasteiger partial charge in [0.2, 0.25) is 11.1 Å². The van der Waals surface area contributed by atoms with Crippen molar-refractivity contribution in [1.29, 1.82) is 0 Å². The lowest BCUT2D eigenvalue weighted by atomic mass is 9.87. The first kappa shape index (κ1) is 33.4. The van der Waals surface area contributed by atoms with Crippen LogP contribution in [0.25, 0.3) is 22.6 Å². The van der Waals surface area contributed by atoms with Crippen LogP contribution < -0.4 is 21.8 Å². The number of anilines is 2. The molecule has 6 aromatic heterocycles. The lowest BCUT2D eigenvalue weighted by Gasteiger charge is -2.22. The first-order valence-electron chi connectivity index (χ1n) is 16.4. The van der Waals surface area contributed by atoms with Crippen LogP contribution >= 0.6 is 31.9 Å². The number of nitrogens with one attached hydrogen (secondary N) is 4. The van der Waals surface area contributed by atoms with Gasteiger partial charge in [0.1, 0.15) is 11.6 Å². The van der Waals surface area contributed by atoms with Crippen molar-refractivity contribution in [3.05, 3.63) is 138 Å². The first-order valence-corrected chi connectivity index (χ1v) is 18.0. The zero-order chi connectivity index (χ0) is 34.5. The van der Waals surface area contributed by atoms with Gasteiger partial charge < -0.3 is 20.6 Å². The quantitative estimate of drug-likeness (QED) is 0.125. The maximum atomic E-state index is 11.2. The van der Waals surface area contributed by atoms with Crippen LogP contribution in [0.2, 0.25) is 0 Å². The fraction of sp³-hybridized carbons (Fsp3) is 0.222. The third-order valence-electron chi connectivity index (χ3n) is 8.61. The van der Waals surface area contributed by atoms with E-state index < -0.39 is 0 Å². The van der Waals surface area contributed by atoms with Gasteiger partial charge in [-0.05, 0) is 55.8 Å². The molecule has 1 aliphatic carbocycles. The van der Waals surface area contributed by atoms with Gasteiger partial charge in [-0.25, -0.2) is 9.97 Å². The highest BCUT2D eigenvalue weighted by atomic mass is 79.9. The van der Waals surface area contributed by atoms with Crippen molar-refractivity contribution in [3.63, 3.8) is 0 Å². The molecule has 4 N–H and O–H groups in total. The zero-order valence-corrected chi connectivity index (χ0v) is 30.1. The summed E-state index contributed by atoms with van der Waals surface area (Å²) in [6.07, 6.45) is 13.2. The molecule has 14 heteroatoms. The zero-order valence-electron chi connectivity index (χ0n) is 26.9. The van der Waals surface area contributed by atoms with E-state index in [9.17, 15) is 9.59 Å². The summed E-state index contributed by atoms with van der Waals surface area (Å²) in [6, 6.07) is 20.8. The predicted molar refractivity (Wildman–Crippen MR) is 201 cm³/mol. The van der Waals surface area contributed by atoms with Gasteiger partial charge in [0.25, 0.3) is 0 Å². The van der Waals surface area contributed by atoms with E-state index in [1.54, 1.807) is 35.4 Å². The second-order valence-electron chi connectivity index (χ2n) is 12.1. The van der Waals surface area contributed by atoms with E-state index in [1.165, 1.54) is 44.2 Å². The molecule has 0 atom stereocenters. The average Bonchev–Trinajstić information content (AvgIpc) is 3.73. The standard InChI is InChI=1S/C18H20BrN5O.C18H14BrN5O/c2*19-14-11-22-24-16(20-9-12-6-7-17(25)21-10-12)8-15(23-18(14)24)13-4-2-1-3-5-13/h6-8,10-11,13,20H,1-5,9H2,(H,21,25);1-8,10-11,20H,9H2,(H,21,25). The van der Waals surface area contributed by atoms with Gasteiger partial charge in [0.05, 0.1) is 27.0 Å². The smallest absolute Gasteiger partial charge is 0.247 e. The van der Waals surface area contributed by atoms with Crippen LogP contribution in [0.4, 0.5) is 11.6 Å². The van der Waals surface area contributed by atoms with Gasteiger partial charge in [0, 0.05) is 66.9 Å². The van der Waals surface area contributed by atoms with Gasteiger partial charge in [0.15, 0.2) is 11.3 Å². The van der Waals surface area contributed by atoms with Crippen molar-refractivity contribution < 1.29 is 0 Å². The van der Waals surface area contributed by atoms with Crippen LogP contribution in [0.15, 0.2) is 110 Å². The summed E-state index contributed by atoms with van der Waals surface area (Å²) in [6.45, 7) is 1.17. The Kier molecular flexibility index (Phi) is 10.2. The Labute approximate surface area is 303 Å². The molecule has 0 spiro atoms. The summed E-state index contributed by atoms with van der Waals surface area (Å²) in [5.74, 6) is 2.26. The summed E-state index contributed by atoms with van der Waals surface area (Å²) >= 11 is 7.05. The summed E-state index contributed by atoms with van der Waals surface area (Å²) in [5, 5.41) is 15.6. The molecule has 0 saturated heterocycles. The number of benzene rings is 1. The minimum Gasteiger partial charge on any atom is -0.366 e. The molecule has 1 aliphatic rings. The van der Waals surface area contributed by atoms with Crippen LogP contribution in [0, 0.1) is 0 Å². The molecule has 0 radical (unpaired) electrons. The Balaban J connectivity index is 0.000000157. The number of aromatic nitrogens is 8. The summed E-state index contributed by atoms with van der Waals surface area (Å²) in [7, 11) is 0. The number of hydrogen-bond donors (Lipinski definition) is 4. The van der Waals surface area contributed by atoms with Gasteiger partial charge >= 0.3 is 0 Å². The molecule has 50 heavy (non-hydrogen) atoms. The maximum Gasteiger partial charge on any atom is 0.247 e. The third kappa shape index (κ3) is 7.71. The normalized spacial score (nSPS) is 13.2. The summed E-state index contributed by atoms with van der Waals surface area (Å²) < 4.78 is 5.30. The Morgan fingerprint density at radius 1 is 0.700 bits per heavy atom. The number of H-pyrrole nitrogens is 2. The van der Waals surface area contributed by atoms with E-state index in [2.05, 4.69) is 68.7 Å². The van der Waals surface area contributed by atoms with E-state index in [4.69, 9.17) is 9.97 Å². The van der Waals surface area contributed by atoms with Crippen molar-refractivity contribution in [3.8, 4) is 11.3 Å². The molecule has 7 aromatic rings. The van der Waals surface area contributed by atoms with E-state index in [0.717, 1.165) is 60.0 Å². The lowest BCUT2D eigenvalue weighted by Crippen LogP contribution is -2.12.